The van der Waals surface area contributed by atoms with Gasteiger partial charge in [-0.15, -0.1) is 0 Å². The van der Waals surface area contributed by atoms with Gasteiger partial charge in [0.1, 0.15) is 0 Å². The van der Waals surface area contributed by atoms with Crippen LogP contribution in [0.25, 0.3) is 0 Å². The van der Waals surface area contributed by atoms with Crippen molar-refractivity contribution in [3.05, 3.63) is 12.3 Å². The minimum Gasteiger partial charge on any atom is -0.481 e. The van der Waals surface area contributed by atoms with Crippen LogP contribution in [0, 0.1) is 0 Å². The summed E-state index contributed by atoms with van der Waals surface area (Å²) >= 11 is 0. The lowest BCUT2D eigenvalue weighted by Gasteiger charge is -1.97. The maximum Gasteiger partial charge on any atom is 0.300 e. The number of hydrogen-bond donors (Lipinski definition) is 1. The Morgan fingerprint density at radius 2 is 2.20 bits per heavy atom. The Hall–Kier alpha value is -1.12. The number of allylic oxidation sites excluding steroid dienone is 1. The fourth-order valence-electron chi connectivity index (χ4n) is 0.389. The van der Waals surface area contributed by atoms with Gasteiger partial charge in [0, 0.05) is 18.8 Å². The molecule has 3 nitrogen and oxygen atoms in total. The summed E-state index contributed by atoms with van der Waals surface area (Å²) in [5, 5.41) is 7.42. The molecular weight excluding hydrogens is 130 g/mol. The molecule has 1 rings (SSSR count). The molecule has 10 heavy (non-hydrogen) atoms. The zero-order chi connectivity index (χ0) is 7.98. The van der Waals surface area contributed by atoms with Gasteiger partial charge in [-0.1, -0.05) is 6.92 Å². The molecule has 0 aromatic heterocycles. The van der Waals surface area contributed by atoms with E-state index in [4.69, 9.17) is 9.90 Å². The van der Waals surface area contributed by atoms with Crippen molar-refractivity contribution < 1.29 is 9.90 Å². The third-order valence-corrected chi connectivity index (χ3v) is 0.870. The lowest BCUT2D eigenvalue weighted by molar-refractivity contribution is -0.134. The second kappa shape index (κ2) is 4.73. The third kappa shape index (κ3) is 5.03. The van der Waals surface area contributed by atoms with Crippen molar-refractivity contribution in [1.29, 1.82) is 0 Å². The molecule has 0 aromatic carbocycles. The molecule has 0 spiro atoms. The maximum atomic E-state index is 9.00. The molecule has 0 saturated carbocycles. The Morgan fingerprint density at radius 1 is 1.80 bits per heavy atom. The summed E-state index contributed by atoms with van der Waals surface area (Å²) < 4.78 is 0. The minimum absolute atomic E-state index is 0.833. The summed E-state index contributed by atoms with van der Waals surface area (Å²) in [5.41, 5.74) is 1.22. The van der Waals surface area contributed by atoms with Gasteiger partial charge < -0.3 is 5.11 Å². The molecule has 0 amide bonds. The van der Waals surface area contributed by atoms with Crippen molar-refractivity contribution in [1.82, 2.24) is 0 Å². The average Bonchev–Trinajstić information content (AvgIpc) is 1.59. The van der Waals surface area contributed by atoms with Gasteiger partial charge in [0.05, 0.1) is 0 Å². The van der Waals surface area contributed by atoms with Crippen LogP contribution in [-0.4, -0.2) is 16.8 Å². The SMILES string of the molecule is CC(=O)O.CCC1=NC=C1. The maximum absolute atomic E-state index is 9.00. The van der Waals surface area contributed by atoms with Crippen LogP contribution in [0.15, 0.2) is 17.3 Å². The molecule has 0 aromatic rings. The molecule has 0 aliphatic carbocycles. The fourth-order valence-corrected chi connectivity index (χ4v) is 0.389. The van der Waals surface area contributed by atoms with Crippen LogP contribution >= 0.6 is 0 Å². The summed E-state index contributed by atoms with van der Waals surface area (Å²) in [6.07, 6.45) is 4.93. The lowest BCUT2D eigenvalue weighted by atomic mass is 10.2. The van der Waals surface area contributed by atoms with Crippen LogP contribution in [0.4, 0.5) is 0 Å². The number of nitrogens with zero attached hydrogens (tertiary/aromatic N) is 1. The summed E-state index contributed by atoms with van der Waals surface area (Å²) in [5.74, 6) is -0.833. The van der Waals surface area contributed by atoms with Gasteiger partial charge in [0.15, 0.2) is 0 Å². The molecule has 0 radical (unpaired) electrons. The highest BCUT2D eigenvalue weighted by Crippen LogP contribution is 1.97. The van der Waals surface area contributed by atoms with E-state index in [0.717, 1.165) is 13.3 Å². The Bertz CT molecular complexity index is 166. The van der Waals surface area contributed by atoms with E-state index < -0.39 is 5.97 Å². The second-order valence-electron chi connectivity index (χ2n) is 1.81. The second-order valence-corrected chi connectivity index (χ2v) is 1.81. The van der Waals surface area contributed by atoms with Gasteiger partial charge in [-0.05, 0) is 12.5 Å². The summed E-state index contributed by atoms with van der Waals surface area (Å²) in [4.78, 5) is 12.9. The molecule has 0 bridgehead atoms. The third-order valence-electron chi connectivity index (χ3n) is 0.870. The number of hydrogen-bond acceptors (Lipinski definition) is 2. The molecular formula is C7H11NO2. The van der Waals surface area contributed by atoms with E-state index in [-0.39, 0.29) is 0 Å². The highest BCUT2D eigenvalue weighted by atomic mass is 16.4. The summed E-state index contributed by atoms with van der Waals surface area (Å²) in [6, 6.07) is 0. The fraction of sp³-hybridized carbons (Fsp3) is 0.429. The summed E-state index contributed by atoms with van der Waals surface area (Å²) in [7, 11) is 0. The topological polar surface area (TPSA) is 49.7 Å². The van der Waals surface area contributed by atoms with E-state index >= 15 is 0 Å². The first kappa shape index (κ1) is 8.88. The van der Waals surface area contributed by atoms with E-state index in [1.54, 1.807) is 0 Å². The van der Waals surface area contributed by atoms with Crippen LogP contribution in [0.3, 0.4) is 0 Å². The van der Waals surface area contributed by atoms with Crippen molar-refractivity contribution in [2.45, 2.75) is 20.3 Å². The number of aliphatic carboxylic acids is 1. The first-order valence-corrected chi connectivity index (χ1v) is 3.09. The van der Waals surface area contributed by atoms with E-state index in [1.807, 2.05) is 12.3 Å². The standard InChI is InChI=1S/C5H7N.C2H4O2/c1-2-5-3-4-6-5;1-2(3)4/h3-4H,2H2,1H3;1H3,(H,3,4). The van der Waals surface area contributed by atoms with Crippen LogP contribution < -0.4 is 0 Å². The van der Waals surface area contributed by atoms with Gasteiger partial charge in [-0.2, -0.15) is 0 Å². The molecule has 1 aliphatic rings. The Morgan fingerprint density at radius 3 is 2.20 bits per heavy atom. The zero-order valence-corrected chi connectivity index (χ0v) is 6.16. The molecule has 0 unspecified atom stereocenters. The number of aliphatic imine (C=N–C) groups is 1. The Balaban J connectivity index is 0.000000180. The van der Waals surface area contributed by atoms with Crippen LogP contribution in [0.1, 0.15) is 20.3 Å². The minimum atomic E-state index is -0.833. The van der Waals surface area contributed by atoms with Gasteiger partial charge in [0.2, 0.25) is 0 Å². The Kier molecular flexibility index (Phi) is 4.20. The van der Waals surface area contributed by atoms with Crippen LogP contribution in [-0.2, 0) is 4.79 Å². The molecule has 3 heteroatoms. The molecule has 1 aliphatic heterocycles. The van der Waals surface area contributed by atoms with E-state index in [1.165, 1.54) is 5.71 Å². The Labute approximate surface area is 60.1 Å². The highest BCUT2D eigenvalue weighted by Gasteiger charge is 1.91. The molecule has 1 heterocycles. The van der Waals surface area contributed by atoms with Crippen molar-refractivity contribution in [3.63, 3.8) is 0 Å². The number of rotatable bonds is 1. The van der Waals surface area contributed by atoms with Crippen molar-refractivity contribution >= 4 is 11.7 Å². The molecule has 0 atom stereocenters. The smallest absolute Gasteiger partial charge is 0.300 e. The van der Waals surface area contributed by atoms with Gasteiger partial charge in [-0.25, -0.2) is 0 Å². The number of carbonyl (C=O) groups is 1. The zero-order valence-electron chi connectivity index (χ0n) is 6.16. The lowest BCUT2D eigenvalue weighted by Crippen LogP contribution is -1.94. The molecule has 56 valence electrons. The predicted octanol–water partition coefficient (Wildman–Crippen LogP) is 1.46. The average molecular weight is 141 g/mol. The normalized spacial score (nSPS) is 12.4. The van der Waals surface area contributed by atoms with Gasteiger partial charge in [0.25, 0.3) is 5.97 Å². The predicted molar refractivity (Wildman–Crippen MR) is 40.2 cm³/mol. The highest BCUT2D eigenvalue weighted by molar-refractivity contribution is 5.99. The van der Waals surface area contributed by atoms with E-state index in [0.29, 0.717) is 0 Å². The monoisotopic (exact) mass is 141 g/mol. The largest absolute Gasteiger partial charge is 0.481 e. The van der Waals surface area contributed by atoms with Crippen molar-refractivity contribution in [2.75, 3.05) is 0 Å². The molecule has 0 saturated heterocycles. The molecule has 0 fully saturated rings. The summed E-state index contributed by atoms with van der Waals surface area (Å²) in [6.45, 7) is 3.18. The van der Waals surface area contributed by atoms with Crippen molar-refractivity contribution in [2.24, 2.45) is 4.99 Å². The first-order chi connectivity index (χ1) is 4.66. The first-order valence-electron chi connectivity index (χ1n) is 3.09. The van der Waals surface area contributed by atoms with Crippen LogP contribution in [0.2, 0.25) is 0 Å². The number of carboxylic acid groups (broad SMARTS) is 1. The van der Waals surface area contributed by atoms with E-state index in [9.17, 15) is 0 Å². The van der Waals surface area contributed by atoms with Crippen molar-refractivity contribution in [3.8, 4) is 0 Å². The van der Waals surface area contributed by atoms with Gasteiger partial charge >= 0.3 is 0 Å². The van der Waals surface area contributed by atoms with Crippen LogP contribution in [0.5, 0.6) is 0 Å². The van der Waals surface area contributed by atoms with E-state index in [2.05, 4.69) is 11.9 Å². The molecule has 1 N–H and O–H groups in total. The van der Waals surface area contributed by atoms with Gasteiger partial charge in [-0.3, -0.25) is 9.79 Å². The quantitative estimate of drug-likeness (QED) is 0.600. The number of carboxylic acids is 1.